The second kappa shape index (κ2) is 9.25. The topological polar surface area (TPSA) is 0 Å². The van der Waals surface area contributed by atoms with Crippen LogP contribution in [0.2, 0.25) is 0 Å². The molecule has 0 aromatic heterocycles. The van der Waals surface area contributed by atoms with Gasteiger partial charge in [0.1, 0.15) is 5.82 Å². The Hall–Kier alpha value is -1.63. The molecule has 28 heavy (non-hydrogen) atoms. The van der Waals surface area contributed by atoms with Gasteiger partial charge in [0.25, 0.3) is 0 Å². The predicted octanol–water partition coefficient (Wildman–Crippen LogP) is 8.37. The number of unbranched alkanes of at least 4 members (excludes halogenated alkanes) is 2. The van der Waals surface area contributed by atoms with E-state index in [0.717, 1.165) is 34.8 Å². The first kappa shape index (κ1) is 19.7. The summed E-state index contributed by atoms with van der Waals surface area (Å²) in [6.07, 6.45) is 14.3. The molecule has 0 saturated heterocycles. The number of hydrogen-bond donors (Lipinski definition) is 0. The molecule has 0 amide bonds. The Morgan fingerprint density at radius 3 is 2.39 bits per heavy atom. The maximum absolute atomic E-state index is 13.5. The molecule has 0 nitrogen and oxygen atoms in total. The smallest absolute Gasteiger partial charge is 0.123 e. The van der Waals surface area contributed by atoms with Crippen molar-refractivity contribution < 1.29 is 4.39 Å². The zero-order valence-corrected chi connectivity index (χ0v) is 17.4. The molecule has 0 bridgehead atoms. The van der Waals surface area contributed by atoms with Gasteiger partial charge in [-0.3, -0.25) is 0 Å². The number of hydrogen-bond acceptors (Lipinski definition) is 0. The Labute approximate surface area is 170 Å². The molecule has 2 aliphatic rings. The minimum atomic E-state index is -0.162. The lowest BCUT2D eigenvalue weighted by Gasteiger charge is -2.42. The summed E-state index contributed by atoms with van der Waals surface area (Å²) in [6.45, 7) is 2.31. The Morgan fingerprint density at radius 1 is 0.821 bits per heavy atom. The quantitative estimate of drug-likeness (QED) is 0.443. The maximum Gasteiger partial charge on any atom is 0.123 e. The van der Waals surface area contributed by atoms with E-state index in [1.165, 1.54) is 75.8 Å². The number of halogens is 1. The van der Waals surface area contributed by atoms with E-state index in [1.807, 2.05) is 6.07 Å². The van der Waals surface area contributed by atoms with E-state index in [4.69, 9.17) is 0 Å². The zero-order chi connectivity index (χ0) is 19.3. The van der Waals surface area contributed by atoms with E-state index >= 15 is 0 Å². The standard InChI is InChI=1S/C27H35F/c1-2-3-4-6-20-9-10-26-18-25(16-15-24(26)17-20)22-13-11-21(12-14-22)23-7-5-8-27(28)19-23/h5,7-8,11-14,19-20,24-26H,2-4,6,9-10,15-18H2,1H3. The van der Waals surface area contributed by atoms with Gasteiger partial charge in [0.05, 0.1) is 0 Å². The van der Waals surface area contributed by atoms with Gasteiger partial charge in [-0.25, -0.2) is 4.39 Å². The van der Waals surface area contributed by atoms with Gasteiger partial charge in [0.2, 0.25) is 0 Å². The molecule has 2 aromatic rings. The Morgan fingerprint density at radius 2 is 1.61 bits per heavy atom. The van der Waals surface area contributed by atoms with Crippen LogP contribution in [0, 0.1) is 23.6 Å². The summed E-state index contributed by atoms with van der Waals surface area (Å²) in [6, 6.07) is 15.9. The average Bonchev–Trinajstić information content (AvgIpc) is 2.74. The van der Waals surface area contributed by atoms with Crippen LogP contribution in [0.3, 0.4) is 0 Å². The van der Waals surface area contributed by atoms with E-state index in [0.29, 0.717) is 0 Å². The molecule has 0 radical (unpaired) electrons. The van der Waals surface area contributed by atoms with E-state index in [-0.39, 0.29) is 5.82 Å². The second-order valence-corrected chi connectivity index (χ2v) is 9.34. The second-order valence-electron chi connectivity index (χ2n) is 9.34. The van der Waals surface area contributed by atoms with Crippen LogP contribution >= 0.6 is 0 Å². The van der Waals surface area contributed by atoms with Crippen molar-refractivity contribution in [3.63, 3.8) is 0 Å². The van der Waals surface area contributed by atoms with Crippen LogP contribution < -0.4 is 0 Å². The summed E-state index contributed by atoms with van der Waals surface area (Å²) in [4.78, 5) is 0. The Kier molecular flexibility index (Phi) is 6.50. The van der Waals surface area contributed by atoms with Crippen LogP contribution in [-0.4, -0.2) is 0 Å². The molecule has 4 unspecified atom stereocenters. The number of rotatable bonds is 6. The first-order valence-corrected chi connectivity index (χ1v) is 11.6. The summed E-state index contributed by atoms with van der Waals surface area (Å²) in [5, 5.41) is 0. The highest BCUT2D eigenvalue weighted by atomic mass is 19.1. The molecular weight excluding hydrogens is 343 g/mol. The molecule has 4 rings (SSSR count). The third-order valence-electron chi connectivity index (χ3n) is 7.48. The van der Waals surface area contributed by atoms with Gasteiger partial charge in [-0.2, -0.15) is 0 Å². The van der Waals surface area contributed by atoms with Crippen molar-refractivity contribution in [1.29, 1.82) is 0 Å². The SMILES string of the molecule is CCCCCC1CCC2CC(c3ccc(-c4cccc(F)c4)cc3)CCC2C1. The van der Waals surface area contributed by atoms with Gasteiger partial charge in [0.15, 0.2) is 0 Å². The average molecular weight is 379 g/mol. The third-order valence-corrected chi connectivity index (χ3v) is 7.48. The molecule has 2 fully saturated rings. The lowest BCUT2D eigenvalue weighted by Crippen LogP contribution is -2.30. The summed E-state index contributed by atoms with van der Waals surface area (Å²) >= 11 is 0. The van der Waals surface area contributed by atoms with Gasteiger partial charge in [0, 0.05) is 0 Å². The van der Waals surface area contributed by atoms with Crippen molar-refractivity contribution in [3.8, 4) is 11.1 Å². The molecule has 0 heterocycles. The van der Waals surface area contributed by atoms with Crippen molar-refractivity contribution in [1.82, 2.24) is 0 Å². The first-order chi connectivity index (χ1) is 13.7. The summed E-state index contributed by atoms with van der Waals surface area (Å²) in [5.74, 6) is 3.51. The van der Waals surface area contributed by atoms with Crippen LogP contribution in [0.1, 0.15) is 82.6 Å². The van der Waals surface area contributed by atoms with Crippen LogP contribution in [0.25, 0.3) is 11.1 Å². The van der Waals surface area contributed by atoms with Gasteiger partial charge in [-0.15, -0.1) is 0 Å². The number of fused-ring (bicyclic) bond motifs is 1. The molecule has 2 saturated carbocycles. The third kappa shape index (κ3) is 4.67. The van der Waals surface area contributed by atoms with E-state index in [1.54, 1.807) is 12.1 Å². The molecule has 0 aliphatic heterocycles. The fourth-order valence-corrected chi connectivity index (χ4v) is 5.85. The minimum Gasteiger partial charge on any atom is -0.207 e. The fourth-order valence-electron chi connectivity index (χ4n) is 5.85. The molecule has 150 valence electrons. The maximum atomic E-state index is 13.5. The molecule has 0 spiro atoms. The van der Waals surface area contributed by atoms with Gasteiger partial charge < -0.3 is 0 Å². The number of benzene rings is 2. The predicted molar refractivity (Wildman–Crippen MR) is 117 cm³/mol. The largest absolute Gasteiger partial charge is 0.207 e. The van der Waals surface area contributed by atoms with E-state index in [9.17, 15) is 4.39 Å². The van der Waals surface area contributed by atoms with Crippen molar-refractivity contribution in [3.05, 3.63) is 59.9 Å². The van der Waals surface area contributed by atoms with Crippen LogP contribution in [-0.2, 0) is 0 Å². The highest BCUT2D eigenvalue weighted by Crippen LogP contribution is 2.48. The fraction of sp³-hybridized carbons (Fsp3) is 0.556. The summed E-state index contributed by atoms with van der Waals surface area (Å²) in [7, 11) is 0. The first-order valence-electron chi connectivity index (χ1n) is 11.6. The van der Waals surface area contributed by atoms with Crippen molar-refractivity contribution in [2.45, 2.75) is 77.0 Å². The van der Waals surface area contributed by atoms with E-state index < -0.39 is 0 Å². The van der Waals surface area contributed by atoms with Crippen molar-refractivity contribution in [2.24, 2.45) is 17.8 Å². The molecule has 2 aromatic carbocycles. The normalized spacial score (nSPS) is 27.4. The van der Waals surface area contributed by atoms with Crippen LogP contribution in [0.15, 0.2) is 48.5 Å². The summed E-state index contributed by atoms with van der Waals surface area (Å²) in [5.41, 5.74) is 3.57. The summed E-state index contributed by atoms with van der Waals surface area (Å²) < 4.78 is 13.5. The Bertz CT molecular complexity index is 747. The monoisotopic (exact) mass is 378 g/mol. The molecule has 2 aliphatic carbocycles. The van der Waals surface area contributed by atoms with Crippen molar-refractivity contribution in [2.75, 3.05) is 0 Å². The minimum absolute atomic E-state index is 0.162. The zero-order valence-electron chi connectivity index (χ0n) is 17.4. The lowest BCUT2D eigenvalue weighted by atomic mass is 9.63. The van der Waals surface area contributed by atoms with E-state index in [2.05, 4.69) is 31.2 Å². The van der Waals surface area contributed by atoms with Crippen molar-refractivity contribution >= 4 is 0 Å². The highest BCUT2D eigenvalue weighted by Gasteiger charge is 2.35. The van der Waals surface area contributed by atoms with Gasteiger partial charge in [-0.05, 0) is 84.6 Å². The molecule has 0 N–H and O–H groups in total. The van der Waals surface area contributed by atoms with Crippen LogP contribution in [0.5, 0.6) is 0 Å². The van der Waals surface area contributed by atoms with Gasteiger partial charge in [-0.1, -0.05) is 75.4 Å². The molecule has 1 heteroatoms. The highest BCUT2D eigenvalue weighted by molar-refractivity contribution is 5.63. The Balaban J connectivity index is 1.35. The lowest BCUT2D eigenvalue weighted by molar-refractivity contribution is 0.113. The molecule has 4 atom stereocenters. The molecular formula is C27H35F. The van der Waals surface area contributed by atoms with Crippen LogP contribution in [0.4, 0.5) is 4.39 Å². The van der Waals surface area contributed by atoms with Gasteiger partial charge >= 0.3 is 0 Å².